The van der Waals surface area contributed by atoms with Crippen molar-refractivity contribution in [1.29, 1.82) is 0 Å². The third-order valence-electron chi connectivity index (χ3n) is 4.59. The Labute approximate surface area is 118 Å². The summed E-state index contributed by atoms with van der Waals surface area (Å²) in [6.07, 6.45) is 0. The van der Waals surface area contributed by atoms with E-state index in [0.29, 0.717) is 11.6 Å². The molecule has 3 rings (SSSR count). The smallest absolute Gasteiger partial charge is 0.130 e. The number of rotatable bonds is 3. The van der Waals surface area contributed by atoms with Crippen LogP contribution in [-0.4, -0.2) is 55.1 Å². The summed E-state index contributed by atoms with van der Waals surface area (Å²) < 4.78 is 26.8. The van der Waals surface area contributed by atoms with Crippen molar-refractivity contribution in [3.63, 3.8) is 0 Å². The Kier molecular flexibility index (Phi) is 4.01. The summed E-state index contributed by atoms with van der Waals surface area (Å²) in [5, 5.41) is 3.29. The summed E-state index contributed by atoms with van der Waals surface area (Å²) in [4.78, 5) is 4.78. The van der Waals surface area contributed by atoms with Crippen LogP contribution in [0.3, 0.4) is 0 Å². The van der Waals surface area contributed by atoms with Gasteiger partial charge in [0.1, 0.15) is 11.6 Å². The summed E-state index contributed by atoms with van der Waals surface area (Å²) in [7, 11) is 0. The van der Waals surface area contributed by atoms with Crippen LogP contribution in [0, 0.1) is 11.6 Å². The number of piperazine rings is 1. The molecule has 0 amide bonds. The monoisotopic (exact) mass is 281 g/mol. The van der Waals surface area contributed by atoms with E-state index in [1.165, 1.54) is 6.07 Å². The van der Waals surface area contributed by atoms with Crippen LogP contribution in [0.4, 0.5) is 8.78 Å². The Morgan fingerprint density at radius 1 is 1.15 bits per heavy atom. The maximum absolute atomic E-state index is 13.8. The Morgan fingerprint density at radius 3 is 2.40 bits per heavy atom. The van der Waals surface area contributed by atoms with E-state index in [1.807, 2.05) is 6.92 Å². The Bertz CT molecular complexity index is 468. The first kappa shape index (κ1) is 13.9. The maximum atomic E-state index is 13.8. The minimum atomic E-state index is -0.513. The lowest BCUT2D eigenvalue weighted by atomic mass is 10.0. The molecule has 0 spiro atoms. The second kappa shape index (κ2) is 5.76. The lowest BCUT2D eigenvalue weighted by molar-refractivity contribution is 0.0544. The fourth-order valence-corrected chi connectivity index (χ4v) is 3.06. The number of halogens is 2. The molecular formula is C15H21F2N3. The molecule has 0 radical (unpaired) electrons. The summed E-state index contributed by atoms with van der Waals surface area (Å²) >= 11 is 0. The standard InChI is InChI=1S/C15H21F2N3/c1-11(14-3-2-12(16)8-15(14)17)19-4-6-20(7-5-19)13-9-18-10-13/h2-3,8,11,13,18H,4-7,9-10H2,1H3. The molecule has 0 aliphatic carbocycles. The molecule has 0 aromatic heterocycles. The number of hydrogen-bond acceptors (Lipinski definition) is 3. The van der Waals surface area contributed by atoms with Gasteiger partial charge in [-0.25, -0.2) is 8.78 Å². The topological polar surface area (TPSA) is 18.5 Å². The average Bonchev–Trinajstić information content (AvgIpc) is 2.37. The Hall–Kier alpha value is -1.04. The van der Waals surface area contributed by atoms with Gasteiger partial charge < -0.3 is 5.32 Å². The van der Waals surface area contributed by atoms with E-state index >= 15 is 0 Å². The van der Waals surface area contributed by atoms with Gasteiger partial charge in [0.25, 0.3) is 0 Å². The molecule has 0 bridgehead atoms. The molecule has 1 unspecified atom stereocenters. The fourth-order valence-electron chi connectivity index (χ4n) is 3.06. The lowest BCUT2D eigenvalue weighted by Crippen LogP contribution is -2.61. The van der Waals surface area contributed by atoms with Crippen LogP contribution >= 0.6 is 0 Å². The van der Waals surface area contributed by atoms with Gasteiger partial charge in [-0.3, -0.25) is 9.80 Å². The van der Waals surface area contributed by atoms with E-state index in [2.05, 4.69) is 15.1 Å². The number of nitrogens with one attached hydrogen (secondary N) is 1. The van der Waals surface area contributed by atoms with Gasteiger partial charge in [-0.05, 0) is 13.0 Å². The van der Waals surface area contributed by atoms with E-state index in [0.717, 1.165) is 45.3 Å². The predicted octanol–water partition coefficient (Wildman–Crippen LogP) is 1.62. The zero-order valence-electron chi connectivity index (χ0n) is 11.8. The molecule has 5 heteroatoms. The molecule has 1 aromatic carbocycles. The largest absolute Gasteiger partial charge is 0.314 e. The highest BCUT2D eigenvalue weighted by molar-refractivity contribution is 5.22. The maximum Gasteiger partial charge on any atom is 0.130 e. The van der Waals surface area contributed by atoms with Gasteiger partial charge in [0.05, 0.1) is 0 Å². The van der Waals surface area contributed by atoms with Gasteiger partial charge in [0.2, 0.25) is 0 Å². The van der Waals surface area contributed by atoms with Crippen LogP contribution in [-0.2, 0) is 0 Å². The highest BCUT2D eigenvalue weighted by atomic mass is 19.1. The van der Waals surface area contributed by atoms with Gasteiger partial charge in [0, 0.05) is 63.0 Å². The molecule has 2 fully saturated rings. The highest BCUT2D eigenvalue weighted by Crippen LogP contribution is 2.25. The first-order valence-corrected chi connectivity index (χ1v) is 7.29. The minimum absolute atomic E-state index is 0.00253. The first-order chi connectivity index (χ1) is 9.65. The van der Waals surface area contributed by atoms with Gasteiger partial charge in [0.15, 0.2) is 0 Å². The number of hydrogen-bond donors (Lipinski definition) is 1. The molecule has 0 saturated carbocycles. The quantitative estimate of drug-likeness (QED) is 0.908. The van der Waals surface area contributed by atoms with Gasteiger partial charge in [-0.2, -0.15) is 0 Å². The van der Waals surface area contributed by atoms with E-state index in [4.69, 9.17) is 0 Å². The summed E-state index contributed by atoms with van der Waals surface area (Å²) in [5.74, 6) is -0.955. The van der Waals surface area contributed by atoms with Crippen molar-refractivity contribution in [3.8, 4) is 0 Å². The molecule has 2 heterocycles. The van der Waals surface area contributed by atoms with Crippen molar-refractivity contribution >= 4 is 0 Å². The van der Waals surface area contributed by atoms with Crippen molar-refractivity contribution in [2.45, 2.75) is 19.0 Å². The first-order valence-electron chi connectivity index (χ1n) is 7.29. The van der Waals surface area contributed by atoms with E-state index in [1.54, 1.807) is 6.07 Å². The van der Waals surface area contributed by atoms with Crippen molar-refractivity contribution in [3.05, 3.63) is 35.4 Å². The fraction of sp³-hybridized carbons (Fsp3) is 0.600. The minimum Gasteiger partial charge on any atom is -0.314 e. The van der Waals surface area contributed by atoms with Crippen LogP contribution in [0.5, 0.6) is 0 Å². The lowest BCUT2D eigenvalue weighted by Gasteiger charge is -2.44. The van der Waals surface area contributed by atoms with Crippen molar-refractivity contribution < 1.29 is 8.78 Å². The second-order valence-electron chi connectivity index (χ2n) is 5.73. The van der Waals surface area contributed by atoms with Crippen LogP contribution in [0.25, 0.3) is 0 Å². The number of benzene rings is 1. The molecular weight excluding hydrogens is 260 g/mol. The number of nitrogens with zero attached hydrogens (tertiary/aromatic N) is 2. The van der Waals surface area contributed by atoms with E-state index < -0.39 is 11.6 Å². The van der Waals surface area contributed by atoms with Gasteiger partial charge >= 0.3 is 0 Å². The SMILES string of the molecule is CC(c1ccc(F)cc1F)N1CCN(C2CNC2)CC1. The van der Waals surface area contributed by atoms with Crippen LogP contribution < -0.4 is 5.32 Å². The third kappa shape index (κ3) is 2.71. The van der Waals surface area contributed by atoms with Crippen molar-refractivity contribution in [2.75, 3.05) is 39.3 Å². The van der Waals surface area contributed by atoms with Gasteiger partial charge in [-0.1, -0.05) is 6.07 Å². The predicted molar refractivity (Wildman–Crippen MR) is 74.6 cm³/mol. The average molecular weight is 281 g/mol. The molecule has 1 N–H and O–H groups in total. The van der Waals surface area contributed by atoms with Gasteiger partial charge in [-0.15, -0.1) is 0 Å². The normalized spacial score (nSPS) is 23.6. The summed E-state index contributed by atoms with van der Waals surface area (Å²) in [6, 6.07) is 4.55. The second-order valence-corrected chi connectivity index (χ2v) is 5.73. The Balaban J connectivity index is 1.62. The molecule has 2 aliphatic heterocycles. The Morgan fingerprint density at radius 2 is 1.85 bits per heavy atom. The molecule has 20 heavy (non-hydrogen) atoms. The molecule has 110 valence electrons. The molecule has 2 aliphatic rings. The van der Waals surface area contributed by atoms with Crippen molar-refractivity contribution in [1.82, 2.24) is 15.1 Å². The molecule has 1 atom stereocenters. The third-order valence-corrected chi connectivity index (χ3v) is 4.59. The molecule has 2 saturated heterocycles. The zero-order valence-corrected chi connectivity index (χ0v) is 11.8. The molecule has 3 nitrogen and oxygen atoms in total. The summed E-state index contributed by atoms with van der Waals surface area (Å²) in [6.45, 7) is 8.10. The van der Waals surface area contributed by atoms with Crippen molar-refractivity contribution in [2.24, 2.45) is 0 Å². The van der Waals surface area contributed by atoms with E-state index in [-0.39, 0.29) is 6.04 Å². The van der Waals surface area contributed by atoms with Crippen LogP contribution in [0.2, 0.25) is 0 Å². The highest BCUT2D eigenvalue weighted by Gasteiger charge is 2.29. The van der Waals surface area contributed by atoms with Crippen LogP contribution in [0.15, 0.2) is 18.2 Å². The van der Waals surface area contributed by atoms with Crippen LogP contribution in [0.1, 0.15) is 18.5 Å². The molecule has 1 aromatic rings. The van der Waals surface area contributed by atoms with E-state index in [9.17, 15) is 8.78 Å². The summed E-state index contributed by atoms with van der Waals surface area (Å²) in [5.41, 5.74) is 0.588. The zero-order chi connectivity index (χ0) is 14.1.